The highest BCUT2D eigenvalue weighted by Gasteiger charge is 2.15. The summed E-state index contributed by atoms with van der Waals surface area (Å²) in [6.45, 7) is 10.8. The molecular formula is C11H19BrN2S. The maximum Gasteiger partial charge on any atom is 0.185 e. The van der Waals surface area contributed by atoms with Crippen LogP contribution in [0.25, 0.3) is 0 Å². The minimum Gasteiger partial charge on any atom is -0.349 e. The van der Waals surface area contributed by atoms with Crippen LogP contribution in [0.15, 0.2) is 0 Å². The van der Waals surface area contributed by atoms with E-state index in [2.05, 4.69) is 48.5 Å². The Labute approximate surface area is 105 Å². The van der Waals surface area contributed by atoms with Gasteiger partial charge in [-0.15, -0.1) is 11.3 Å². The predicted octanol–water partition coefficient (Wildman–Crippen LogP) is 4.01. The molecule has 0 aliphatic heterocycles. The zero-order valence-electron chi connectivity index (χ0n) is 9.88. The van der Waals surface area contributed by atoms with Gasteiger partial charge in [0.05, 0.1) is 5.69 Å². The van der Waals surface area contributed by atoms with Crippen LogP contribution >= 0.6 is 27.3 Å². The fourth-order valence-electron chi connectivity index (χ4n) is 1.53. The molecule has 15 heavy (non-hydrogen) atoms. The first-order chi connectivity index (χ1) is 7.13. The number of alkyl halides is 1. The van der Waals surface area contributed by atoms with Gasteiger partial charge in [0.25, 0.3) is 0 Å². The standard InChI is InChI=1S/C11H19BrN2S/c1-5-14(6-2)11-13-10(8(3)4)9(7-12)15-11/h8H,5-7H2,1-4H3. The summed E-state index contributed by atoms with van der Waals surface area (Å²) in [4.78, 5) is 8.41. The summed E-state index contributed by atoms with van der Waals surface area (Å²) in [5.41, 5.74) is 1.25. The van der Waals surface area contributed by atoms with Gasteiger partial charge in [-0.1, -0.05) is 29.8 Å². The largest absolute Gasteiger partial charge is 0.349 e. The van der Waals surface area contributed by atoms with Gasteiger partial charge in [-0.3, -0.25) is 0 Å². The summed E-state index contributed by atoms with van der Waals surface area (Å²) in [7, 11) is 0. The van der Waals surface area contributed by atoms with Crippen LogP contribution in [0.2, 0.25) is 0 Å². The summed E-state index contributed by atoms with van der Waals surface area (Å²) in [5.74, 6) is 0.512. The van der Waals surface area contributed by atoms with Gasteiger partial charge in [0.2, 0.25) is 0 Å². The van der Waals surface area contributed by atoms with Crippen molar-refractivity contribution < 1.29 is 0 Å². The third kappa shape index (κ3) is 2.94. The molecular weight excluding hydrogens is 272 g/mol. The summed E-state index contributed by atoms with van der Waals surface area (Å²) in [6.07, 6.45) is 0. The second-order valence-corrected chi connectivity index (χ2v) is 5.39. The van der Waals surface area contributed by atoms with Gasteiger partial charge < -0.3 is 4.90 Å². The minimum absolute atomic E-state index is 0.512. The van der Waals surface area contributed by atoms with E-state index in [1.54, 1.807) is 0 Å². The van der Waals surface area contributed by atoms with Crippen molar-refractivity contribution in [3.8, 4) is 0 Å². The zero-order chi connectivity index (χ0) is 11.4. The van der Waals surface area contributed by atoms with Crippen LogP contribution in [-0.2, 0) is 5.33 Å². The average Bonchev–Trinajstić information content (AvgIpc) is 2.64. The van der Waals surface area contributed by atoms with E-state index in [4.69, 9.17) is 4.98 Å². The van der Waals surface area contributed by atoms with Crippen molar-refractivity contribution in [1.82, 2.24) is 4.98 Å². The van der Waals surface area contributed by atoms with E-state index in [-0.39, 0.29) is 0 Å². The SMILES string of the molecule is CCN(CC)c1nc(C(C)C)c(CBr)s1. The molecule has 0 unspecified atom stereocenters. The Kier molecular flexibility index (Phi) is 5.06. The van der Waals surface area contributed by atoms with Gasteiger partial charge in [-0.2, -0.15) is 0 Å². The van der Waals surface area contributed by atoms with Gasteiger partial charge in [0.15, 0.2) is 5.13 Å². The summed E-state index contributed by atoms with van der Waals surface area (Å²) in [5, 5.41) is 2.08. The highest BCUT2D eigenvalue weighted by molar-refractivity contribution is 9.08. The van der Waals surface area contributed by atoms with Crippen LogP contribution in [0.4, 0.5) is 5.13 Å². The lowest BCUT2D eigenvalue weighted by atomic mass is 10.1. The maximum absolute atomic E-state index is 4.74. The van der Waals surface area contributed by atoms with Crippen LogP contribution < -0.4 is 4.90 Å². The van der Waals surface area contributed by atoms with Gasteiger partial charge in [-0.05, 0) is 19.8 Å². The second-order valence-electron chi connectivity index (χ2n) is 3.77. The third-order valence-electron chi connectivity index (χ3n) is 2.42. The number of nitrogens with zero attached hydrogens (tertiary/aromatic N) is 2. The molecule has 1 aromatic rings. The molecule has 0 saturated carbocycles. The van der Waals surface area contributed by atoms with Gasteiger partial charge in [0, 0.05) is 23.3 Å². The van der Waals surface area contributed by atoms with Crippen molar-refractivity contribution in [3.63, 3.8) is 0 Å². The number of hydrogen-bond donors (Lipinski definition) is 0. The number of rotatable bonds is 5. The van der Waals surface area contributed by atoms with Crippen LogP contribution in [-0.4, -0.2) is 18.1 Å². The Balaban J connectivity index is 3.01. The third-order valence-corrected chi connectivity index (χ3v) is 4.48. The maximum atomic E-state index is 4.74. The van der Waals surface area contributed by atoms with E-state index in [9.17, 15) is 0 Å². The quantitative estimate of drug-likeness (QED) is 0.762. The van der Waals surface area contributed by atoms with Gasteiger partial charge in [0.1, 0.15) is 0 Å². The molecule has 0 aliphatic carbocycles. The molecule has 1 rings (SSSR count). The van der Waals surface area contributed by atoms with E-state index in [1.807, 2.05) is 11.3 Å². The van der Waals surface area contributed by atoms with Crippen LogP contribution in [0.5, 0.6) is 0 Å². The lowest BCUT2D eigenvalue weighted by molar-refractivity contribution is 0.805. The Hall–Kier alpha value is -0.0900. The molecule has 0 atom stereocenters. The van der Waals surface area contributed by atoms with Crippen molar-refractivity contribution in [1.29, 1.82) is 0 Å². The number of anilines is 1. The van der Waals surface area contributed by atoms with Gasteiger partial charge >= 0.3 is 0 Å². The highest BCUT2D eigenvalue weighted by Crippen LogP contribution is 2.31. The van der Waals surface area contributed by atoms with Crippen molar-refractivity contribution >= 4 is 32.4 Å². The minimum atomic E-state index is 0.512. The zero-order valence-corrected chi connectivity index (χ0v) is 12.3. The number of hydrogen-bond acceptors (Lipinski definition) is 3. The first kappa shape index (κ1) is 13.0. The second kappa shape index (κ2) is 5.85. The molecule has 1 heterocycles. The summed E-state index contributed by atoms with van der Waals surface area (Å²) in [6, 6.07) is 0. The summed E-state index contributed by atoms with van der Waals surface area (Å²) >= 11 is 5.35. The fraction of sp³-hybridized carbons (Fsp3) is 0.727. The van der Waals surface area contributed by atoms with E-state index in [0.717, 1.165) is 23.6 Å². The molecule has 1 aromatic heterocycles. The van der Waals surface area contributed by atoms with Crippen LogP contribution in [0, 0.1) is 0 Å². The molecule has 4 heteroatoms. The first-order valence-corrected chi connectivity index (χ1v) is 7.38. The average molecular weight is 291 g/mol. The van der Waals surface area contributed by atoms with Crippen LogP contribution in [0.3, 0.4) is 0 Å². The Morgan fingerprint density at radius 2 is 1.93 bits per heavy atom. The Bertz CT molecular complexity index is 306. The predicted molar refractivity (Wildman–Crippen MR) is 72.4 cm³/mol. The lowest BCUT2D eigenvalue weighted by Gasteiger charge is -2.16. The summed E-state index contributed by atoms with van der Waals surface area (Å²) < 4.78 is 0. The van der Waals surface area contributed by atoms with Gasteiger partial charge in [-0.25, -0.2) is 4.98 Å². The molecule has 2 nitrogen and oxygen atoms in total. The molecule has 0 fully saturated rings. The molecule has 0 N–H and O–H groups in total. The lowest BCUT2D eigenvalue weighted by Crippen LogP contribution is -2.21. The molecule has 0 aliphatic rings. The molecule has 86 valence electrons. The molecule has 0 spiro atoms. The topological polar surface area (TPSA) is 16.1 Å². The fourth-order valence-corrected chi connectivity index (χ4v) is 3.35. The number of thiazole rings is 1. The van der Waals surface area contributed by atoms with Crippen molar-refractivity contribution in [2.24, 2.45) is 0 Å². The molecule has 0 bridgehead atoms. The van der Waals surface area contributed by atoms with E-state index >= 15 is 0 Å². The van der Waals surface area contributed by atoms with Crippen molar-refractivity contribution in [3.05, 3.63) is 10.6 Å². The number of halogens is 1. The van der Waals surface area contributed by atoms with Crippen molar-refractivity contribution in [2.75, 3.05) is 18.0 Å². The van der Waals surface area contributed by atoms with E-state index < -0.39 is 0 Å². The molecule has 0 saturated heterocycles. The monoisotopic (exact) mass is 290 g/mol. The molecule has 0 amide bonds. The highest BCUT2D eigenvalue weighted by atomic mass is 79.9. The normalized spacial score (nSPS) is 11.1. The first-order valence-electron chi connectivity index (χ1n) is 5.44. The Morgan fingerprint density at radius 1 is 1.33 bits per heavy atom. The van der Waals surface area contributed by atoms with E-state index in [1.165, 1.54) is 10.6 Å². The van der Waals surface area contributed by atoms with Crippen molar-refractivity contribution in [2.45, 2.75) is 38.9 Å². The van der Waals surface area contributed by atoms with Crippen LogP contribution in [0.1, 0.15) is 44.2 Å². The smallest absolute Gasteiger partial charge is 0.185 e. The molecule has 0 aromatic carbocycles. The number of aromatic nitrogens is 1. The molecule has 0 radical (unpaired) electrons. The van der Waals surface area contributed by atoms with E-state index in [0.29, 0.717) is 5.92 Å². The Morgan fingerprint density at radius 3 is 2.27 bits per heavy atom.